The summed E-state index contributed by atoms with van der Waals surface area (Å²) < 4.78 is 30.6. The Bertz CT molecular complexity index is 1240. The Morgan fingerprint density at radius 1 is 1.27 bits per heavy atom. The SMILES string of the molecule is C=N/C(=C\C=C(/C)c1ccc(NCc2ccccc2OC)n2cnnc12)S(C)(=O)=O. The van der Waals surface area contributed by atoms with Gasteiger partial charge in [0.15, 0.2) is 20.5 Å². The van der Waals surface area contributed by atoms with Crippen LogP contribution < -0.4 is 10.1 Å². The van der Waals surface area contributed by atoms with Crippen molar-refractivity contribution in [2.45, 2.75) is 13.5 Å². The van der Waals surface area contributed by atoms with E-state index in [9.17, 15) is 8.42 Å². The van der Waals surface area contributed by atoms with Crippen molar-refractivity contribution in [3.05, 3.63) is 71.0 Å². The van der Waals surface area contributed by atoms with Gasteiger partial charge in [-0.05, 0) is 43.5 Å². The molecule has 0 amide bonds. The smallest absolute Gasteiger partial charge is 0.192 e. The summed E-state index contributed by atoms with van der Waals surface area (Å²) >= 11 is 0. The minimum Gasteiger partial charge on any atom is -0.496 e. The molecule has 0 aliphatic carbocycles. The van der Waals surface area contributed by atoms with Crippen LogP contribution in [0.2, 0.25) is 0 Å². The van der Waals surface area contributed by atoms with Crippen LogP contribution >= 0.6 is 0 Å². The van der Waals surface area contributed by atoms with Crippen molar-refractivity contribution >= 4 is 33.6 Å². The highest BCUT2D eigenvalue weighted by molar-refractivity contribution is 7.94. The molecule has 0 unspecified atom stereocenters. The van der Waals surface area contributed by atoms with Crippen LogP contribution in [-0.4, -0.2) is 43.1 Å². The highest BCUT2D eigenvalue weighted by atomic mass is 32.2. The summed E-state index contributed by atoms with van der Waals surface area (Å²) in [6.45, 7) is 5.75. The molecule has 0 saturated heterocycles. The molecule has 1 N–H and O–H groups in total. The molecular weight excluding hydrogens is 402 g/mol. The number of benzene rings is 1. The van der Waals surface area contributed by atoms with Gasteiger partial charge in [0, 0.05) is 23.9 Å². The fourth-order valence-electron chi connectivity index (χ4n) is 2.98. The number of nitrogens with zero attached hydrogens (tertiary/aromatic N) is 4. The standard InChI is InChI=1S/C21H23N5O3S/c1-15(9-12-20(22-2)30(4,27)28)17-10-11-19(26-14-24-25-21(17)26)23-13-16-7-5-6-8-18(16)29-3/h5-12,14,23H,2,13H2,1,3-4H3/b15-9+,20-12+. The van der Waals surface area contributed by atoms with Crippen molar-refractivity contribution in [2.75, 3.05) is 18.7 Å². The Morgan fingerprint density at radius 2 is 2.03 bits per heavy atom. The number of allylic oxidation sites excluding steroid dienone is 3. The molecule has 0 aliphatic rings. The van der Waals surface area contributed by atoms with Gasteiger partial charge >= 0.3 is 0 Å². The van der Waals surface area contributed by atoms with Crippen LogP contribution in [-0.2, 0) is 16.4 Å². The molecule has 3 rings (SSSR count). The highest BCUT2D eigenvalue weighted by Crippen LogP contribution is 2.24. The summed E-state index contributed by atoms with van der Waals surface area (Å²) in [4.78, 5) is 3.58. The number of anilines is 1. The van der Waals surface area contributed by atoms with Crippen molar-refractivity contribution in [1.29, 1.82) is 0 Å². The van der Waals surface area contributed by atoms with Crippen LogP contribution in [0.1, 0.15) is 18.1 Å². The fourth-order valence-corrected chi connectivity index (χ4v) is 3.53. The molecule has 2 heterocycles. The summed E-state index contributed by atoms with van der Waals surface area (Å²) in [7, 11) is -1.79. The van der Waals surface area contributed by atoms with Gasteiger partial charge in [-0.3, -0.25) is 9.39 Å². The number of sulfone groups is 1. The first-order valence-electron chi connectivity index (χ1n) is 9.09. The summed E-state index contributed by atoms with van der Waals surface area (Å²) in [5.74, 6) is 1.63. The second-order valence-electron chi connectivity index (χ2n) is 6.61. The van der Waals surface area contributed by atoms with Crippen molar-refractivity contribution in [3.8, 4) is 5.75 Å². The summed E-state index contributed by atoms with van der Waals surface area (Å²) in [5, 5.41) is 11.5. The maximum absolute atomic E-state index is 11.7. The van der Waals surface area contributed by atoms with E-state index in [1.54, 1.807) is 19.5 Å². The Hall–Kier alpha value is -3.46. The Labute approximate surface area is 175 Å². The van der Waals surface area contributed by atoms with E-state index in [0.717, 1.165) is 34.5 Å². The number of para-hydroxylation sites is 1. The zero-order valence-corrected chi connectivity index (χ0v) is 17.8. The molecule has 30 heavy (non-hydrogen) atoms. The Balaban J connectivity index is 1.92. The third-order valence-corrected chi connectivity index (χ3v) is 5.57. The van der Waals surface area contributed by atoms with Crippen LogP contribution in [0.3, 0.4) is 0 Å². The largest absolute Gasteiger partial charge is 0.496 e. The molecule has 0 aliphatic heterocycles. The van der Waals surface area contributed by atoms with Gasteiger partial charge in [0.1, 0.15) is 17.9 Å². The van der Waals surface area contributed by atoms with E-state index in [2.05, 4.69) is 27.2 Å². The van der Waals surface area contributed by atoms with Crippen LogP contribution in [0.4, 0.5) is 5.82 Å². The second kappa shape index (κ2) is 8.91. The fraction of sp³-hybridized carbons (Fsp3) is 0.190. The quantitative estimate of drug-likeness (QED) is 0.439. The number of ether oxygens (including phenoxy) is 1. The second-order valence-corrected chi connectivity index (χ2v) is 8.57. The normalized spacial score (nSPS) is 12.8. The molecule has 0 radical (unpaired) electrons. The van der Waals surface area contributed by atoms with Crippen LogP contribution in [0, 0.1) is 0 Å². The molecule has 9 heteroatoms. The van der Waals surface area contributed by atoms with E-state index in [1.165, 1.54) is 6.08 Å². The molecule has 1 aromatic carbocycles. The Morgan fingerprint density at radius 3 is 2.73 bits per heavy atom. The van der Waals surface area contributed by atoms with Crippen molar-refractivity contribution in [3.63, 3.8) is 0 Å². The number of pyridine rings is 1. The molecule has 156 valence electrons. The van der Waals surface area contributed by atoms with Gasteiger partial charge in [-0.1, -0.05) is 24.3 Å². The first-order chi connectivity index (χ1) is 14.3. The van der Waals surface area contributed by atoms with Crippen LogP contribution in [0.15, 0.2) is 64.9 Å². The summed E-state index contributed by atoms with van der Waals surface area (Å²) in [6.07, 6.45) is 5.82. The number of aromatic nitrogens is 3. The average Bonchev–Trinajstić information content (AvgIpc) is 3.21. The van der Waals surface area contributed by atoms with Crippen molar-refractivity contribution in [2.24, 2.45) is 4.99 Å². The van der Waals surface area contributed by atoms with Crippen LogP contribution in [0.25, 0.3) is 11.2 Å². The lowest BCUT2D eigenvalue weighted by Crippen LogP contribution is -2.06. The monoisotopic (exact) mass is 425 g/mol. The predicted octanol–water partition coefficient (Wildman–Crippen LogP) is 3.34. The maximum atomic E-state index is 11.7. The van der Waals surface area contributed by atoms with Gasteiger partial charge < -0.3 is 10.1 Å². The third-order valence-electron chi connectivity index (χ3n) is 4.55. The number of rotatable bonds is 8. The lowest BCUT2D eigenvalue weighted by atomic mass is 10.1. The summed E-state index contributed by atoms with van der Waals surface area (Å²) in [5.41, 5.74) is 3.31. The van der Waals surface area contributed by atoms with Gasteiger partial charge in [0.2, 0.25) is 0 Å². The number of methoxy groups -OCH3 is 1. The van der Waals surface area contributed by atoms with E-state index in [0.29, 0.717) is 12.2 Å². The van der Waals surface area contributed by atoms with E-state index in [4.69, 9.17) is 4.74 Å². The van der Waals surface area contributed by atoms with Gasteiger partial charge in [-0.15, -0.1) is 10.2 Å². The molecule has 0 bridgehead atoms. The molecule has 0 saturated carbocycles. The van der Waals surface area contributed by atoms with Gasteiger partial charge in [-0.25, -0.2) is 8.42 Å². The summed E-state index contributed by atoms with van der Waals surface area (Å²) in [6, 6.07) is 11.6. The molecular formula is C21H23N5O3S. The topological polar surface area (TPSA) is 97.9 Å². The zero-order chi connectivity index (χ0) is 21.7. The first-order valence-corrected chi connectivity index (χ1v) is 11.0. The lowest BCUT2D eigenvalue weighted by Gasteiger charge is -2.13. The molecule has 8 nitrogen and oxygen atoms in total. The van der Waals surface area contributed by atoms with Gasteiger partial charge in [0.25, 0.3) is 0 Å². The number of nitrogens with one attached hydrogen (secondary N) is 1. The van der Waals surface area contributed by atoms with E-state index in [-0.39, 0.29) is 5.03 Å². The number of hydrogen-bond donors (Lipinski definition) is 1. The van der Waals surface area contributed by atoms with E-state index >= 15 is 0 Å². The van der Waals surface area contributed by atoms with Gasteiger partial charge in [0.05, 0.1) is 7.11 Å². The molecule has 0 atom stereocenters. The molecule has 2 aromatic heterocycles. The minimum absolute atomic E-state index is 0.0885. The highest BCUT2D eigenvalue weighted by Gasteiger charge is 2.11. The molecule has 0 spiro atoms. The van der Waals surface area contributed by atoms with Crippen molar-refractivity contribution in [1.82, 2.24) is 14.6 Å². The van der Waals surface area contributed by atoms with Crippen LogP contribution in [0.5, 0.6) is 5.75 Å². The maximum Gasteiger partial charge on any atom is 0.192 e. The zero-order valence-electron chi connectivity index (χ0n) is 17.0. The predicted molar refractivity (Wildman–Crippen MR) is 119 cm³/mol. The molecule has 0 fully saturated rings. The van der Waals surface area contributed by atoms with Gasteiger partial charge in [-0.2, -0.15) is 0 Å². The van der Waals surface area contributed by atoms with E-state index in [1.807, 2.05) is 47.7 Å². The van der Waals surface area contributed by atoms with Crippen molar-refractivity contribution < 1.29 is 13.2 Å². The molecule has 3 aromatic rings. The number of aliphatic imine (C=N–C) groups is 1. The number of fused-ring (bicyclic) bond motifs is 1. The van der Waals surface area contributed by atoms with E-state index < -0.39 is 9.84 Å². The average molecular weight is 426 g/mol. The Kier molecular flexibility index (Phi) is 6.31. The lowest BCUT2D eigenvalue weighted by molar-refractivity contribution is 0.410. The first kappa shape index (κ1) is 21.3. The minimum atomic E-state index is -3.44. The third kappa shape index (κ3) is 4.57. The number of hydrogen-bond acceptors (Lipinski definition) is 7.